The summed E-state index contributed by atoms with van der Waals surface area (Å²) in [6, 6.07) is 7.45. The molecule has 0 saturated heterocycles. The third kappa shape index (κ3) is 2.65. The first-order valence-electron chi connectivity index (χ1n) is 5.80. The Morgan fingerprint density at radius 2 is 1.85 bits per heavy atom. The topological polar surface area (TPSA) is 77.2 Å². The molecule has 0 radical (unpaired) electrons. The monoisotopic (exact) mass is 293 g/mol. The Kier molecular flexibility index (Phi) is 3.76. The Balaban J connectivity index is 2.34. The molecule has 0 fully saturated rings. The second-order valence-electron chi connectivity index (χ2n) is 4.31. The number of nitro groups is 1. The van der Waals surface area contributed by atoms with Crippen molar-refractivity contribution in [3.8, 4) is 0 Å². The molecule has 2 aromatic rings. The van der Waals surface area contributed by atoms with Crippen LogP contribution >= 0.6 is 11.6 Å². The molecule has 0 atom stereocenters. The van der Waals surface area contributed by atoms with Crippen molar-refractivity contribution in [3.63, 3.8) is 0 Å². The standard InChI is InChI=1S/C13H12ClN3O3/c1-8-3-4-9(2)16(8)15-13(18)11-7-10(17(19)20)5-6-12(11)14/h3-7H,1-2H3,(H,15,18). The minimum Gasteiger partial charge on any atom is -0.267 e. The Bertz CT molecular complexity index is 675. The minimum absolute atomic E-state index is 0.0633. The molecular weight excluding hydrogens is 282 g/mol. The van der Waals surface area contributed by atoms with Gasteiger partial charge in [-0.1, -0.05) is 11.6 Å². The third-order valence-electron chi connectivity index (χ3n) is 2.89. The van der Waals surface area contributed by atoms with Gasteiger partial charge in [-0.2, -0.15) is 0 Å². The average Bonchev–Trinajstić information content (AvgIpc) is 2.70. The van der Waals surface area contributed by atoms with E-state index < -0.39 is 10.8 Å². The summed E-state index contributed by atoms with van der Waals surface area (Å²) in [7, 11) is 0. The van der Waals surface area contributed by atoms with E-state index in [1.165, 1.54) is 12.1 Å². The fourth-order valence-electron chi connectivity index (χ4n) is 1.81. The van der Waals surface area contributed by atoms with Crippen LogP contribution in [0.15, 0.2) is 30.3 Å². The quantitative estimate of drug-likeness (QED) is 0.698. The number of nitrogens with zero attached hydrogens (tertiary/aromatic N) is 2. The van der Waals surface area contributed by atoms with Gasteiger partial charge in [0.1, 0.15) is 0 Å². The summed E-state index contributed by atoms with van der Waals surface area (Å²) < 4.78 is 1.59. The molecule has 7 heteroatoms. The Morgan fingerprint density at radius 1 is 1.25 bits per heavy atom. The molecule has 6 nitrogen and oxygen atoms in total. The minimum atomic E-state index is -0.570. The number of rotatable bonds is 3. The van der Waals surface area contributed by atoms with Crippen molar-refractivity contribution in [1.29, 1.82) is 0 Å². The van der Waals surface area contributed by atoms with Crippen LogP contribution < -0.4 is 5.43 Å². The molecule has 1 aromatic heterocycles. The molecule has 0 unspecified atom stereocenters. The summed E-state index contributed by atoms with van der Waals surface area (Å²) in [5, 5.41) is 10.9. The maximum atomic E-state index is 12.2. The molecule has 104 valence electrons. The van der Waals surface area contributed by atoms with E-state index in [0.717, 1.165) is 17.5 Å². The number of non-ortho nitro benzene ring substituents is 1. The largest absolute Gasteiger partial charge is 0.271 e. The second kappa shape index (κ2) is 5.34. The van der Waals surface area contributed by atoms with Crippen molar-refractivity contribution in [3.05, 3.63) is 62.4 Å². The average molecular weight is 294 g/mol. The van der Waals surface area contributed by atoms with Crippen molar-refractivity contribution in [2.24, 2.45) is 0 Å². The number of nitro benzene ring substituents is 1. The number of aryl methyl sites for hydroxylation is 2. The molecule has 0 bridgehead atoms. The molecule has 1 amide bonds. The zero-order chi connectivity index (χ0) is 14.9. The SMILES string of the molecule is Cc1ccc(C)n1NC(=O)c1cc([N+](=O)[O-])ccc1Cl. The van der Waals surface area contributed by atoms with Gasteiger partial charge in [0.25, 0.3) is 11.6 Å². The van der Waals surface area contributed by atoms with E-state index in [2.05, 4.69) is 5.43 Å². The summed E-state index contributed by atoms with van der Waals surface area (Å²) in [4.78, 5) is 22.3. The van der Waals surface area contributed by atoms with E-state index in [9.17, 15) is 14.9 Å². The van der Waals surface area contributed by atoms with E-state index in [1.807, 2.05) is 26.0 Å². The van der Waals surface area contributed by atoms with Crippen molar-refractivity contribution in [2.45, 2.75) is 13.8 Å². The number of amides is 1. The van der Waals surface area contributed by atoms with Crippen LogP contribution in [-0.4, -0.2) is 15.5 Å². The predicted molar refractivity (Wildman–Crippen MR) is 75.7 cm³/mol. The van der Waals surface area contributed by atoms with Gasteiger partial charge in [0, 0.05) is 23.5 Å². The van der Waals surface area contributed by atoms with E-state index in [-0.39, 0.29) is 16.3 Å². The fourth-order valence-corrected chi connectivity index (χ4v) is 2.01. The lowest BCUT2D eigenvalue weighted by Gasteiger charge is -2.11. The Morgan fingerprint density at radius 3 is 2.40 bits per heavy atom. The number of carbonyl (C=O) groups excluding carboxylic acids is 1. The number of nitrogens with one attached hydrogen (secondary N) is 1. The van der Waals surface area contributed by atoms with Crippen molar-refractivity contribution >= 4 is 23.2 Å². The summed E-state index contributed by atoms with van der Waals surface area (Å²) >= 11 is 5.92. The molecule has 20 heavy (non-hydrogen) atoms. The van der Waals surface area contributed by atoms with Gasteiger partial charge in [-0.15, -0.1) is 0 Å². The van der Waals surface area contributed by atoms with Gasteiger partial charge in [0.05, 0.1) is 15.5 Å². The maximum absolute atomic E-state index is 12.2. The zero-order valence-electron chi connectivity index (χ0n) is 10.9. The molecular formula is C13H12ClN3O3. The van der Waals surface area contributed by atoms with Gasteiger partial charge in [-0.25, -0.2) is 0 Å². The lowest BCUT2D eigenvalue weighted by Crippen LogP contribution is -2.25. The molecule has 0 aliphatic carbocycles. The van der Waals surface area contributed by atoms with E-state index >= 15 is 0 Å². The molecule has 1 heterocycles. The number of benzene rings is 1. The van der Waals surface area contributed by atoms with Crippen molar-refractivity contribution in [1.82, 2.24) is 4.68 Å². The summed E-state index contributed by atoms with van der Waals surface area (Å²) in [5.74, 6) is -0.499. The smallest absolute Gasteiger partial charge is 0.267 e. The number of halogens is 1. The zero-order valence-corrected chi connectivity index (χ0v) is 11.6. The summed E-state index contributed by atoms with van der Waals surface area (Å²) in [5.41, 5.74) is 4.23. The number of carbonyl (C=O) groups is 1. The third-order valence-corrected chi connectivity index (χ3v) is 3.22. The van der Waals surface area contributed by atoms with E-state index in [0.29, 0.717) is 0 Å². The van der Waals surface area contributed by atoms with Crippen LogP contribution in [0.3, 0.4) is 0 Å². The van der Waals surface area contributed by atoms with E-state index in [4.69, 9.17) is 11.6 Å². The van der Waals surface area contributed by atoms with Crippen LogP contribution in [0, 0.1) is 24.0 Å². The highest BCUT2D eigenvalue weighted by Gasteiger charge is 2.16. The van der Waals surface area contributed by atoms with Crippen LogP contribution in [0.2, 0.25) is 5.02 Å². The first-order valence-corrected chi connectivity index (χ1v) is 6.18. The highest BCUT2D eigenvalue weighted by Crippen LogP contribution is 2.22. The first-order chi connectivity index (χ1) is 9.40. The highest BCUT2D eigenvalue weighted by molar-refractivity contribution is 6.34. The van der Waals surface area contributed by atoms with E-state index in [1.54, 1.807) is 4.68 Å². The number of hydrogen-bond donors (Lipinski definition) is 1. The van der Waals surface area contributed by atoms with Crippen LogP contribution in [0.5, 0.6) is 0 Å². The van der Waals surface area contributed by atoms with Crippen molar-refractivity contribution in [2.75, 3.05) is 5.43 Å². The number of aromatic nitrogens is 1. The molecule has 0 aliphatic rings. The lowest BCUT2D eigenvalue weighted by molar-refractivity contribution is -0.384. The predicted octanol–water partition coefficient (Wildman–Crippen LogP) is 3.05. The van der Waals surface area contributed by atoms with Gasteiger partial charge in [-0.3, -0.25) is 25.0 Å². The molecule has 0 saturated carbocycles. The number of hydrogen-bond acceptors (Lipinski definition) is 3. The maximum Gasteiger partial charge on any atom is 0.271 e. The summed E-state index contributed by atoms with van der Waals surface area (Å²) in [6.45, 7) is 3.67. The molecule has 0 spiro atoms. The van der Waals surface area contributed by atoms with Crippen molar-refractivity contribution < 1.29 is 9.72 Å². The van der Waals surface area contributed by atoms with Crippen LogP contribution in [-0.2, 0) is 0 Å². The molecule has 2 rings (SSSR count). The molecule has 1 aromatic carbocycles. The van der Waals surface area contributed by atoms with Crippen LogP contribution in [0.25, 0.3) is 0 Å². The fraction of sp³-hybridized carbons (Fsp3) is 0.154. The normalized spacial score (nSPS) is 10.3. The first kappa shape index (κ1) is 14.1. The molecule has 0 aliphatic heterocycles. The van der Waals surface area contributed by atoms with Gasteiger partial charge in [0.2, 0.25) is 0 Å². The van der Waals surface area contributed by atoms with Crippen LogP contribution in [0.4, 0.5) is 5.69 Å². The van der Waals surface area contributed by atoms with Gasteiger partial charge >= 0.3 is 0 Å². The Labute approximate surface area is 120 Å². The second-order valence-corrected chi connectivity index (χ2v) is 4.72. The molecule has 1 N–H and O–H groups in total. The van der Waals surface area contributed by atoms with Gasteiger partial charge in [-0.05, 0) is 32.0 Å². The Hall–Kier alpha value is -2.34. The van der Waals surface area contributed by atoms with Crippen LogP contribution in [0.1, 0.15) is 21.7 Å². The van der Waals surface area contributed by atoms with Gasteiger partial charge in [0.15, 0.2) is 0 Å². The van der Waals surface area contributed by atoms with Gasteiger partial charge < -0.3 is 0 Å². The highest BCUT2D eigenvalue weighted by atomic mass is 35.5. The summed E-state index contributed by atoms with van der Waals surface area (Å²) in [6.07, 6.45) is 0. The lowest BCUT2D eigenvalue weighted by atomic mass is 10.2.